The third-order valence-electron chi connectivity index (χ3n) is 4.67. The topological polar surface area (TPSA) is 57.6 Å². The number of aliphatic carboxylic acids is 1. The molecule has 0 atom stereocenters. The van der Waals surface area contributed by atoms with Crippen LogP contribution in [0.2, 0.25) is 0 Å². The molecule has 4 nitrogen and oxygen atoms in total. The molecule has 1 N–H and O–H groups in total. The SMILES string of the molecule is O=C(O)C1CCN(C(=O)CCCC2CCCC2)CC1. The van der Waals surface area contributed by atoms with E-state index >= 15 is 0 Å². The standard InChI is InChI=1S/C15H25NO3/c17-14(7-3-6-12-4-1-2-5-12)16-10-8-13(9-11-16)15(18)19/h12-13H,1-11H2,(H,18,19). The maximum Gasteiger partial charge on any atom is 0.306 e. The van der Waals surface area contributed by atoms with Crippen LogP contribution in [-0.4, -0.2) is 35.0 Å². The summed E-state index contributed by atoms with van der Waals surface area (Å²) in [6.45, 7) is 1.25. The Bertz CT molecular complexity index is 315. The Labute approximate surface area is 115 Å². The number of amides is 1. The quantitative estimate of drug-likeness (QED) is 0.833. The fourth-order valence-electron chi connectivity index (χ4n) is 3.37. The van der Waals surface area contributed by atoms with Crippen LogP contribution in [0.1, 0.15) is 57.8 Å². The van der Waals surface area contributed by atoms with Gasteiger partial charge in [0.15, 0.2) is 0 Å². The van der Waals surface area contributed by atoms with E-state index in [1.54, 1.807) is 0 Å². The van der Waals surface area contributed by atoms with Gasteiger partial charge in [0.05, 0.1) is 5.92 Å². The fraction of sp³-hybridized carbons (Fsp3) is 0.867. The highest BCUT2D eigenvalue weighted by Crippen LogP contribution is 2.29. The Kier molecular flexibility index (Phi) is 5.23. The summed E-state index contributed by atoms with van der Waals surface area (Å²) in [7, 11) is 0. The first-order chi connectivity index (χ1) is 9.16. The van der Waals surface area contributed by atoms with Crippen LogP contribution in [0.3, 0.4) is 0 Å². The van der Waals surface area contributed by atoms with E-state index in [0.29, 0.717) is 32.4 Å². The van der Waals surface area contributed by atoms with Crippen LogP contribution >= 0.6 is 0 Å². The van der Waals surface area contributed by atoms with Crippen LogP contribution < -0.4 is 0 Å². The maximum absolute atomic E-state index is 12.0. The maximum atomic E-state index is 12.0. The van der Waals surface area contributed by atoms with Crippen LogP contribution in [0.25, 0.3) is 0 Å². The largest absolute Gasteiger partial charge is 0.481 e. The van der Waals surface area contributed by atoms with Crippen LogP contribution in [0.5, 0.6) is 0 Å². The molecule has 1 aliphatic carbocycles. The molecule has 4 heteroatoms. The Morgan fingerprint density at radius 3 is 2.26 bits per heavy atom. The molecule has 108 valence electrons. The minimum absolute atomic E-state index is 0.224. The highest BCUT2D eigenvalue weighted by Gasteiger charge is 2.26. The predicted octanol–water partition coefficient (Wildman–Crippen LogP) is 2.67. The van der Waals surface area contributed by atoms with E-state index in [1.807, 2.05) is 4.90 Å². The summed E-state index contributed by atoms with van der Waals surface area (Å²) in [6.07, 6.45) is 9.49. The molecule has 1 amide bonds. The number of carbonyl (C=O) groups excluding carboxylic acids is 1. The normalized spacial score (nSPS) is 21.8. The summed E-state index contributed by atoms with van der Waals surface area (Å²) in [6, 6.07) is 0. The number of hydrogen-bond donors (Lipinski definition) is 1. The first kappa shape index (κ1) is 14.4. The molecule has 1 saturated carbocycles. The van der Waals surface area contributed by atoms with Crippen molar-refractivity contribution < 1.29 is 14.7 Å². The molecule has 1 aliphatic heterocycles. The molecule has 2 aliphatic rings. The lowest BCUT2D eigenvalue weighted by molar-refractivity contribution is -0.145. The number of piperidine rings is 1. The summed E-state index contributed by atoms with van der Waals surface area (Å²) < 4.78 is 0. The zero-order valence-corrected chi connectivity index (χ0v) is 11.6. The third-order valence-corrected chi connectivity index (χ3v) is 4.67. The van der Waals surface area contributed by atoms with Crippen molar-refractivity contribution >= 4 is 11.9 Å². The van der Waals surface area contributed by atoms with Crippen molar-refractivity contribution in [2.75, 3.05) is 13.1 Å². The molecular weight excluding hydrogens is 242 g/mol. The van der Waals surface area contributed by atoms with E-state index in [4.69, 9.17) is 5.11 Å². The van der Waals surface area contributed by atoms with Gasteiger partial charge in [0.25, 0.3) is 0 Å². The van der Waals surface area contributed by atoms with Crippen LogP contribution in [0.4, 0.5) is 0 Å². The number of rotatable bonds is 5. The Hall–Kier alpha value is -1.06. The van der Waals surface area contributed by atoms with E-state index in [9.17, 15) is 9.59 Å². The lowest BCUT2D eigenvalue weighted by atomic mass is 9.96. The number of carbonyl (C=O) groups is 2. The second-order valence-electron chi connectivity index (χ2n) is 6.04. The summed E-state index contributed by atoms with van der Waals surface area (Å²) >= 11 is 0. The molecule has 1 heterocycles. The van der Waals surface area contributed by atoms with E-state index < -0.39 is 5.97 Å². The summed E-state index contributed by atoms with van der Waals surface area (Å²) in [5, 5.41) is 8.92. The zero-order valence-electron chi connectivity index (χ0n) is 11.6. The van der Waals surface area contributed by atoms with Crippen molar-refractivity contribution in [3.8, 4) is 0 Å². The Morgan fingerprint density at radius 1 is 1.05 bits per heavy atom. The van der Waals surface area contributed by atoms with Crippen molar-refractivity contribution in [1.82, 2.24) is 4.90 Å². The van der Waals surface area contributed by atoms with Gasteiger partial charge in [0.2, 0.25) is 5.91 Å². The average Bonchev–Trinajstić information content (AvgIpc) is 2.92. The number of carboxylic acid groups (broad SMARTS) is 1. The van der Waals surface area contributed by atoms with E-state index in [1.165, 1.54) is 32.1 Å². The smallest absolute Gasteiger partial charge is 0.306 e. The molecule has 0 aromatic rings. The fourth-order valence-corrected chi connectivity index (χ4v) is 3.37. The van der Waals surface area contributed by atoms with E-state index in [-0.39, 0.29) is 11.8 Å². The van der Waals surface area contributed by atoms with Crippen LogP contribution in [0, 0.1) is 11.8 Å². The molecule has 2 fully saturated rings. The molecular formula is C15H25NO3. The van der Waals surface area contributed by atoms with Crippen molar-refractivity contribution in [3.05, 3.63) is 0 Å². The average molecular weight is 267 g/mol. The highest BCUT2D eigenvalue weighted by molar-refractivity contribution is 5.77. The van der Waals surface area contributed by atoms with Gasteiger partial charge >= 0.3 is 5.97 Å². The molecule has 0 aromatic carbocycles. The number of nitrogens with zero attached hydrogens (tertiary/aromatic N) is 1. The molecule has 0 bridgehead atoms. The second-order valence-corrected chi connectivity index (χ2v) is 6.04. The van der Waals surface area contributed by atoms with Gasteiger partial charge in [-0.2, -0.15) is 0 Å². The minimum atomic E-state index is -0.715. The van der Waals surface area contributed by atoms with Gasteiger partial charge in [-0.15, -0.1) is 0 Å². The molecule has 19 heavy (non-hydrogen) atoms. The van der Waals surface area contributed by atoms with Crippen LogP contribution in [-0.2, 0) is 9.59 Å². The lowest BCUT2D eigenvalue weighted by Crippen LogP contribution is -2.40. The lowest BCUT2D eigenvalue weighted by Gasteiger charge is -2.30. The number of likely N-dealkylation sites (tertiary alicyclic amines) is 1. The van der Waals surface area contributed by atoms with Gasteiger partial charge in [-0.1, -0.05) is 25.7 Å². The molecule has 2 rings (SSSR count). The van der Waals surface area contributed by atoms with Crippen molar-refractivity contribution in [1.29, 1.82) is 0 Å². The summed E-state index contributed by atoms with van der Waals surface area (Å²) in [5.74, 6) is 0.114. The first-order valence-corrected chi connectivity index (χ1v) is 7.67. The summed E-state index contributed by atoms with van der Waals surface area (Å²) in [5.41, 5.74) is 0. The minimum Gasteiger partial charge on any atom is -0.481 e. The molecule has 0 radical (unpaired) electrons. The number of hydrogen-bond acceptors (Lipinski definition) is 2. The predicted molar refractivity (Wildman–Crippen MR) is 72.7 cm³/mol. The van der Waals surface area contributed by atoms with E-state index in [2.05, 4.69) is 0 Å². The Morgan fingerprint density at radius 2 is 1.68 bits per heavy atom. The van der Waals surface area contributed by atoms with Crippen LogP contribution in [0.15, 0.2) is 0 Å². The molecule has 0 aromatic heterocycles. The van der Waals surface area contributed by atoms with Crippen molar-refractivity contribution in [2.45, 2.75) is 57.8 Å². The highest BCUT2D eigenvalue weighted by atomic mass is 16.4. The second kappa shape index (κ2) is 6.92. The monoisotopic (exact) mass is 267 g/mol. The van der Waals surface area contributed by atoms with Crippen molar-refractivity contribution in [2.24, 2.45) is 11.8 Å². The number of carboxylic acids is 1. The van der Waals surface area contributed by atoms with Gasteiger partial charge in [-0.05, 0) is 31.6 Å². The van der Waals surface area contributed by atoms with Gasteiger partial charge < -0.3 is 10.0 Å². The van der Waals surface area contributed by atoms with Gasteiger partial charge in [-0.25, -0.2) is 0 Å². The van der Waals surface area contributed by atoms with E-state index in [0.717, 1.165) is 12.3 Å². The van der Waals surface area contributed by atoms with Gasteiger partial charge in [0, 0.05) is 19.5 Å². The third kappa shape index (κ3) is 4.22. The first-order valence-electron chi connectivity index (χ1n) is 7.67. The van der Waals surface area contributed by atoms with Gasteiger partial charge in [-0.3, -0.25) is 9.59 Å². The molecule has 0 spiro atoms. The molecule has 1 saturated heterocycles. The summed E-state index contributed by atoms with van der Waals surface area (Å²) in [4.78, 5) is 24.7. The van der Waals surface area contributed by atoms with Gasteiger partial charge in [0.1, 0.15) is 0 Å². The Balaban J connectivity index is 1.62. The molecule has 0 unspecified atom stereocenters. The zero-order chi connectivity index (χ0) is 13.7. The van der Waals surface area contributed by atoms with Crippen molar-refractivity contribution in [3.63, 3.8) is 0 Å².